The summed E-state index contributed by atoms with van der Waals surface area (Å²) in [7, 11) is 0. The zero-order chi connectivity index (χ0) is 17.3. The quantitative estimate of drug-likeness (QED) is 0.875. The number of pyridine rings is 2. The lowest BCUT2D eigenvalue weighted by Gasteiger charge is -2.25. The van der Waals surface area contributed by atoms with Crippen LogP contribution in [0.5, 0.6) is 0 Å². The van der Waals surface area contributed by atoms with E-state index in [0.29, 0.717) is 11.3 Å². The first kappa shape index (κ1) is 16.0. The average molecular weight is 341 g/mol. The lowest BCUT2D eigenvalue weighted by molar-refractivity contribution is -0.117. The largest absolute Gasteiger partial charge is 0.511 e. The lowest BCUT2D eigenvalue weighted by atomic mass is 9.95. The van der Waals surface area contributed by atoms with Crippen molar-refractivity contribution in [1.29, 1.82) is 5.26 Å². The van der Waals surface area contributed by atoms with Crippen molar-refractivity contribution in [1.82, 2.24) is 15.3 Å². The van der Waals surface area contributed by atoms with Gasteiger partial charge in [-0.2, -0.15) is 5.26 Å². The van der Waals surface area contributed by atoms with Gasteiger partial charge in [-0.15, -0.1) is 0 Å². The van der Waals surface area contributed by atoms with E-state index in [1.165, 1.54) is 6.20 Å². The van der Waals surface area contributed by atoms with Gasteiger partial charge in [0.05, 0.1) is 16.8 Å². The number of aliphatic hydroxyl groups excluding tert-OH is 1. The summed E-state index contributed by atoms with van der Waals surface area (Å²) in [5.74, 6) is -0.457. The van der Waals surface area contributed by atoms with Crippen molar-refractivity contribution in [2.45, 2.75) is 19.4 Å². The van der Waals surface area contributed by atoms with E-state index < -0.39 is 11.9 Å². The highest BCUT2D eigenvalue weighted by atomic mass is 35.5. The van der Waals surface area contributed by atoms with Crippen LogP contribution in [0.1, 0.15) is 35.0 Å². The maximum atomic E-state index is 12.4. The molecule has 1 aliphatic rings. The molecule has 3 heterocycles. The lowest BCUT2D eigenvalue weighted by Crippen LogP contribution is -2.34. The van der Waals surface area contributed by atoms with Gasteiger partial charge in [-0.05, 0) is 30.2 Å². The molecule has 2 N–H and O–H groups in total. The van der Waals surface area contributed by atoms with Crippen molar-refractivity contribution in [2.75, 3.05) is 0 Å². The predicted molar refractivity (Wildman–Crippen MR) is 88.0 cm³/mol. The molecule has 0 saturated carbocycles. The first-order valence-corrected chi connectivity index (χ1v) is 7.59. The minimum atomic E-state index is -0.468. The van der Waals surface area contributed by atoms with Gasteiger partial charge in [0.15, 0.2) is 5.69 Å². The molecule has 6 nitrogen and oxygen atoms in total. The Morgan fingerprint density at radius 1 is 1.38 bits per heavy atom. The van der Waals surface area contributed by atoms with Crippen LogP contribution in [-0.4, -0.2) is 21.0 Å². The fraction of sp³-hybridized carbons (Fsp3) is 0.176. The molecule has 2 aromatic rings. The highest BCUT2D eigenvalue weighted by molar-refractivity contribution is 6.31. The summed E-state index contributed by atoms with van der Waals surface area (Å²) in [4.78, 5) is 20.6. The molecule has 0 saturated heterocycles. The zero-order valence-corrected chi connectivity index (χ0v) is 13.5. The van der Waals surface area contributed by atoms with Gasteiger partial charge in [0.1, 0.15) is 17.4 Å². The van der Waals surface area contributed by atoms with Gasteiger partial charge in [0, 0.05) is 18.8 Å². The van der Waals surface area contributed by atoms with Crippen LogP contribution >= 0.6 is 11.6 Å². The number of nitriles is 1. The molecule has 1 amide bonds. The summed E-state index contributed by atoms with van der Waals surface area (Å²) >= 11 is 5.98. The van der Waals surface area contributed by atoms with E-state index in [2.05, 4.69) is 15.3 Å². The van der Waals surface area contributed by atoms with Gasteiger partial charge in [-0.25, -0.2) is 4.98 Å². The van der Waals surface area contributed by atoms with E-state index in [1.807, 2.05) is 19.1 Å². The van der Waals surface area contributed by atoms with E-state index >= 15 is 0 Å². The highest BCUT2D eigenvalue weighted by Gasteiger charge is 2.30. The molecule has 0 aliphatic carbocycles. The summed E-state index contributed by atoms with van der Waals surface area (Å²) in [5, 5.41) is 22.2. The number of carbonyl (C=O) groups excluding carboxylic acids is 1. The molecule has 2 aromatic heterocycles. The van der Waals surface area contributed by atoms with E-state index in [4.69, 9.17) is 16.9 Å². The SMILES string of the molecule is Cc1ccc(C2=C(O)CC(c3cnc(C#N)c(Cl)c3)NC2=O)nc1. The number of carbonyl (C=O) groups is 1. The summed E-state index contributed by atoms with van der Waals surface area (Å²) in [5.41, 5.74) is 2.29. The zero-order valence-electron chi connectivity index (χ0n) is 12.7. The molecule has 0 aromatic carbocycles. The van der Waals surface area contributed by atoms with Crippen LogP contribution < -0.4 is 5.32 Å². The summed E-state index contributed by atoms with van der Waals surface area (Å²) < 4.78 is 0. The van der Waals surface area contributed by atoms with E-state index in [-0.39, 0.29) is 28.5 Å². The summed E-state index contributed by atoms with van der Waals surface area (Å²) in [6.07, 6.45) is 3.30. The second-order valence-corrected chi connectivity index (χ2v) is 5.89. The van der Waals surface area contributed by atoms with Crippen molar-refractivity contribution in [2.24, 2.45) is 0 Å². The fourth-order valence-electron chi connectivity index (χ4n) is 2.51. The van der Waals surface area contributed by atoms with Crippen LogP contribution in [0, 0.1) is 18.3 Å². The van der Waals surface area contributed by atoms with Crippen molar-refractivity contribution in [3.8, 4) is 6.07 Å². The number of rotatable bonds is 2. The van der Waals surface area contributed by atoms with Gasteiger partial charge < -0.3 is 10.4 Å². The highest BCUT2D eigenvalue weighted by Crippen LogP contribution is 2.31. The molecule has 0 fully saturated rings. The number of aromatic nitrogens is 2. The first-order valence-electron chi connectivity index (χ1n) is 7.21. The second-order valence-electron chi connectivity index (χ2n) is 5.48. The Balaban J connectivity index is 1.92. The maximum absolute atomic E-state index is 12.4. The molecule has 24 heavy (non-hydrogen) atoms. The minimum Gasteiger partial charge on any atom is -0.511 e. The van der Waals surface area contributed by atoms with Crippen LogP contribution in [0.4, 0.5) is 0 Å². The third-order valence-electron chi connectivity index (χ3n) is 3.76. The molecular weight excluding hydrogens is 328 g/mol. The van der Waals surface area contributed by atoms with Crippen LogP contribution in [-0.2, 0) is 4.79 Å². The van der Waals surface area contributed by atoms with Crippen molar-refractivity contribution < 1.29 is 9.90 Å². The summed E-state index contributed by atoms with van der Waals surface area (Å²) in [6.45, 7) is 1.89. The Bertz CT molecular complexity index is 884. The topological polar surface area (TPSA) is 98.9 Å². The molecule has 1 unspecified atom stereocenters. The van der Waals surface area contributed by atoms with Crippen molar-refractivity contribution >= 4 is 23.1 Å². The molecular formula is C17H13ClN4O2. The van der Waals surface area contributed by atoms with Gasteiger partial charge >= 0.3 is 0 Å². The van der Waals surface area contributed by atoms with Crippen LogP contribution in [0.15, 0.2) is 36.4 Å². The average Bonchev–Trinajstić information content (AvgIpc) is 2.56. The Hall–Kier alpha value is -2.91. The second kappa shape index (κ2) is 6.30. The number of hydrogen-bond acceptors (Lipinski definition) is 5. The van der Waals surface area contributed by atoms with Gasteiger partial charge in [0.25, 0.3) is 5.91 Å². The number of aryl methyl sites for hydroxylation is 1. The third kappa shape index (κ3) is 2.94. The number of aliphatic hydroxyl groups is 1. The van der Waals surface area contributed by atoms with Crippen LogP contribution in [0.3, 0.4) is 0 Å². The molecule has 0 bridgehead atoms. The van der Waals surface area contributed by atoms with Crippen LogP contribution in [0.25, 0.3) is 5.57 Å². The van der Waals surface area contributed by atoms with Crippen molar-refractivity contribution in [3.05, 3.63) is 63.9 Å². The molecule has 7 heteroatoms. The van der Waals surface area contributed by atoms with E-state index in [1.54, 1.807) is 18.3 Å². The normalized spacial score (nSPS) is 17.4. The number of hydrogen-bond donors (Lipinski definition) is 2. The number of halogens is 1. The molecule has 0 spiro atoms. The molecule has 120 valence electrons. The van der Waals surface area contributed by atoms with E-state index in [0.717, 1.165) is 5.56 Å². The smallest absolute Gasteiger partial charge is 0.257 e. The number of amides is 1. The van der Waals surface area contributed by atoms with Gasteiger partial charge in [-0.3, -0.25) is 9.78 Å². The van der Waals surface area contributed by atoms with Crippen molar-refractivity contribution in [3.63, 3.8) is 0 Å². The maximum Gasteiger partial charge on any atom is 0.257 e. The summed E-state index contributed by atoms with van der Waals surface area (Å²) in [6, 6.07) is 6.50. The monoisotopic (exact) mass is 340 g/mol. The van der Waals surface area contributed by atoms with Gasteiger partial charge in [0.2, 0.25) is 0 Å². The number of nitrogens with zero attached hydrogens (tertiary/aromatic N) is 3. The third-order valence-corrected chi connectivity index (χ3v) is 4.04. The number of nitrogens with one attached hydrogen (secondary N) is 1. The fourth-order valence-corrected chi connectivity index (χ4v) is 2.73. The minimum absolute atomic E-state index is 0.0411. The molecule has 0 radical (unpaired) electrons. The van der Waals surface area contributed by atoms with Gasteiger partial charge in [-0.1, -0.05) is 17.7 Å². The van der Waals surface area contributed by atoms with E-state index in [9.17, 15) is 9.90 Å². The first-order chi connectivity index (χ1) is 11.5. The molecule has 1 aliphatic heterocycles. The standard InChI is InChI=1S/C17H13ClN4O2/c1-9-2-3-12(20-7-9)16-15(23)5-13(22-17(16)24)10-4-11(18)14(6-19)21-8-10/h2-4,7-8,13,23H,5H2,1H3,(H,22,24). The Kier molecular flexibility index (Phi) is 4.19. The Morgan fingerprint density at radius 3 is 2.75 bits per heavy atom. The Morgan fingerprint density at radius 2 is 2.17 bits per heavy atom. The molecule has 3 rings (SSSR count). The molecule has 1 atom stereocenters. The predicted octanol–water partition coefficient (Wildman–Crippen LogP) is 2.84. The Labute approximate surface area is 143 Å². The van der Waals surface area contributed by atoms with Crippen LogP contribution in [0.2, 0.25) is 5.02 Å².